The number of carbonyl (C=O) groups excluding carboxylic acids is 2. The molecule has 2 rings (SSSR count). The second-order valence-electron chi connectivity index (χ2n) is 6.23. The molecule has 0 radical (unpaired) electrons. The number of esters is 1. The maximum absolute atomic E-state index is 12.2. The van der Waals surface area contributed by atoms with Crippen LogP contribution in [-0.4, -0.2) is 33.2 Å². The van der Waals surface area contributed by atoms with Gasteiger partial charge in [-0.05, 0) is 36.6 Å². The largest absolute Gasteiger partial charge is 0.452 e. The molecule has 144 valence electrons. The number of sulfone groups is 1. The molecule has 0 fully saturated rings. The molecule has 0 heterocycles. The fourth-order valence-electron chi connectivity index (χ4n) is 2.58. The molecule has 0 aromatic heterocycles. The predicted molar refractivity (Wildman–Crippen MR) is 102 cm³/mol. The molecule has 0 saturated heterocycles. The van der Waals surface area contributed by atoms with Gasteiger partial charge in [0.05, 0.1) is 16.5 Å². The van der Waals surface area contributed by atoms with Gasteiger partial charge in [-0.2, -0.15) is 0 Å². The summed E-state index contributed by atoms with van der Waals surface area (Å²) in [6, 6.07) is 13.4. The van der Waals surface area contributed by atoms with Crippen LogP contribution in [0.15, 0.2) is 53.4 Å². The van der Waals surface area contributed by atoms with E-state index in [0.29, 0.717) is 0 Å². The van der Waals surface area contributed by atoms with Gasteiger partial charge in [0.25, 0.3) is 5.91 Å². The maximum Gasteiger partial charge on any atom is 0.339 e. The van der Waals surface area contributed by atoms with Crippen LogP contribution < -0.4 is 5.32 Å². The summed E-state index contributed by atoms with van der Waals surface area (Å²) in [5.41, 5.74) is 2.06. The van der Waals surface area contributed by atoms with E-state index >= 15 is 0 Å². The lowest BCUT2D eigenvalue weighted by Crippen LogP contribution is -2.31. The van der Waals surface area contributed by atoms with Crippen LogP contribution >= 0.6 is 0 Å². The average Bonchev–Trinajstić information content (AvgIpc) is 2.65. The first kappa shape index (κ1) is 20.6. The lowest BCUT2D eigenvalue weighted by atomic mass is 10.1. The third-order valence-electron chi connectivity index (χ3n) is 4.11. The van der Waals surface area contributed by atoms with Crippen LogP contribution in [0.2, 0.25) is 0 Å². The Kier molecular flexibility index (Phi) is 6.74. The van der Waals surface area contributed by atoms with Crippen molar-refractivity contribution in [1.82, 2.24) is 5.32 Å². The van der Waals surface area contributed by atoms with Crippen LogP contribution in [0.1, 0.15) is 41.4 Å². The molecule has 1 N–H and O–H groups in total. The van der Waals surface area contributed by atoms with Gasteiger partial charge in [-0.15, -0.1) is 0 Å². The number of ether oxygens (including phenoxy) is 1. The van der Waals surface area contributed by atoms with E-state index in [1.54, 1.807) is 0 Å². The average molecular weight is 389 g/mol. The number of benzene rings is 2. The lowest BCUT2D eigenvalue weighted by Gasteiger charge is -2.15. The first-order valence-electron chi connectivity index (χ1n) is 8.56. The Bertz CT molecular complexity index is 920. The zero-order valence-electron chi connectivity index (χ0n) is 15.6. The van der Waals surface area contributed by atoms with Gasteiger partial charge in [0.2, 0.25) is 0 Å². The van der Waals surface area contributed by atoms with Crippen molar-refractivity contribution in [2.45, 2.75) is 31.2 Å². The Morgan fingerprint density at radius 1 is 1.07 bits per heavy atom. The molecule has 6 nitrogen and oxygen atoms in total. The van der Waals surface area contributed by atoms with E-state index < -0.39 is 28.3 Å². The minimum atomic E-state index is -3.58. The molecule has 0 bridgehead atoms. The van der Waals surface area contributed by atoms with Gasteiger partial charge in [-0.1, -0.05) is 43.3 Å². The smallest absolute Gasteiger partial charge is 0.339 e. The third-order valence-corrected chi connectivity index (χ3v) is 5.26. The maximum atomic E-state index is 12.2. The van der Waals surface area contributed by atoms with Crippen LogP contribution in [0.4, 0.5) is 0 Å². The van der Waals surface area contributed by atoms with Crippen LogP contribution in [0.25, 0.3) is 0 Å². The Balaban J connectivity index is 1.96. The van der Waals surface area contributed by atoms with E-state index in [-0.39, 0.29) is 16.5 Å². The number of nitrogens with one attached hydrogen (secondary N) is 1. The lowest BCUT2D eigenvalue weighted by molar-refractivity contribution is -0.124. The van der Waals surface area contributed by atoms with Crippen molar-refractivity contribution < 1.29 is 22.7 Å². The topological polar surface area (TPSA) is 89.5 Å². The number of hydrogen-bond acceptors (Lipinski definition) is 5. The fraction of sp³-hybridized carbons (Fsp3) is 0.300. The highest BCUT2D eigenvalue weighted by atomic mass is 32.2. The molecule has 2 aromatic carbocycles. The van der Waals surface area contributed by atoms with E-state index in [0.717, 1.165) is 18.2 Å². The van der Waals surface area contributed by atoms with Crippen molar-refractivity contribution in [3.63, 3.8) is 0 Å². The van der Waals surface area contributed by atoms with E-state index in [4.69, 9.17) is 4.74 Å². The molecular weight excluding hydrogens is 366 g/mol. The van der Waals surface area contributed by atoms with Gasteiger partial charge in [0.1, 0.15) is 0 Å². The molecule has 0 spiro atoms. The van der Waals surface area contributed by atoms with Gasteiger partial charge >= 0.3 is 5.97 Å². The second-order valence-corrected chi connectivity index (χ2v) is 8.21. The number of hydrogen-bond donors (Lipinski definition) is 1. The van der Waals surface area contributed by atoms with Crippen LogP contribution in [0, 0.1) is 0 Å². The monoisotopic (exact) mass is 389 g/mol. The number of carbonyl (C=O) groups is 2. The highest BCUT2D eigenvalue weighted by Crippen LogP contribution is 2.17. The van der Waals surface area contributed by atoms with E-state index in [2.05, 4.69) is 12.2 Å². The SMILES string of the molecule is CCc1ccc(C(C)NC(=O)COC(=O)c2ccccc2S(C)(=O)=O)cc1. The summed E-state index contributed by atoms with van der Waals surface area (Å²) in [6.07, 6.45) is 1.95. The Hall–Kier alpha value is -2.67. The highest BCUT2D eigenvalue weighted by molar-refractivity contribution is 7.90. The molecular formula is C20H23NO5S. The Morgan fingerprint density at radius 3 is 2.30 bits per heavy atom. The van der Waals surface area contributed by atoms with Crippen molar-refractivity contribution >= 4 is 21.7 Å². The fourth-order valence-corrected chi connectivity index (χ4v) is 3.45. The van der Waals surface area contributed by atoms with Crippen LogP contribution in [-0.2, 0) is 25.8 Å². The number of aryl methyl sites for hydroxylation is 1. The zero-order chi connectivity index (χ0) is 20.0. The van der Waals surface area contributed by atoms with Crippen molar-refractivity contribution in [2.75, 3.05) is 12.9 Å². The van der Waals surface area contributed by atoms with Crippen LogP contribution in [0.3, 0.4) is 0 Å². The van der Waals surface area contributed by atoms with Crippen molar-refractivity contribution in [3.8, 4) is 0 Å². The minimum Gasteiger partial charge on any atom is -0.452 e. The number of rotatable bonds is 7. The zero-order valence-corrected chi connectivity index (χ0v) is 16.4. The summed E-state index contributed by atoms with van der Waals surface area (Å²) in [5.74, 6) is -1.32. The van der Waals surface area contributed by atoms with E-state index in [1.807, 2.05) is 31.2 Å². The third kappa shape index (κ3) is 5.65. The van der Waals surface area contributed by atoms with E-state index in [9.17, 15) is 18.0 Å². The van der Waals surface area contributed by atoms with Crippen molar-refractivity contribution in [3.05, 3.63) is 65.2 Å². The second kappa shape index (κ2) is 8.81. The molecule has 0 aliphatic rings. The summed E-state index contributed by atoms with van der Waals surface area (Å²) in [5, 5.41) is 2.75. The van der Waals surface area contributed by atoms with Gasteiger partial charge < -0.3 is 10.1 Å². The Morgan fingerprint density at radius 2 is 1.70 bits per heavy atom. The predicted octanol–water partition coefficient (Wildman–Crippen LogP) is 2.69. The highest BCUT2D eigenvalue weighted by Gasteiger charge is 2.20. The quantitative estimate of drug-likeness (QED) is 0.736. The molecule has 27 heavy (non-hydrogen) atoms. The molecule has 0 aliphatic heterocycles. The van der Waals surface area contributed by atoms with Gasteiger partial charge in [0.15, 0.2) is 16.4 Å². The number of amides is 1. The molecule has 1 unspecified atom stereocenters. The van der Waals surface area contributed by atoms with Crippen molar-refractivity contribution in [1.29, 1.82) is 0 Å². The summed E-state index contributed by atoms with van der Waals surface area (Å²) >= 11 is 0. The van der Waals surface area contributed by atoms with Gasteiger partial charge in [-0.25, -0.2) is 13.2 Å². The molecule has 1 atom stereocenters. The summed E-state index contributed by atoms with van der Waals surface area (Å²) in [6.45, 7) is 3.41. The molecule has 1 amide bonds. The first-order valence-corrected chi connectivity index (χ1v) is 10.5. The van der Waals surface area contributed by atoms with Crippen LogP contribution in [0.5, 0.6) is 0 Å². The summed E-state index contributed by atoms with van der Waals surface area (Å²) in [4.78, 5) is 24.1. The summed E-state index contributed by atoms with van der Waals surface area (Å²) in [7, 11) is -3.58. The molecule has 2 aromatic rings. The summed E-state index contributed by atoms with van der Waals surface area (Å²) < 4.78 is 28.5. The normalized spacial score (nSPS) is 12.3. The van der Waals surface area contributed by atoms with E-state index in [1.165, 1.54) is 29.8 Å². The Labute approximate surface area is 159 Å². The molecule has 0 saturated carbocycles. The molecule has 7 heteroatoms. The molecule has 0 aliphatic carbocycles. The minimum absolute atomic E-state index is 0.0870. The van der Waals surface area contributed by atoms with Gasteiger partial charge in [-0.3, -0.25) is 4.79 Å². The van der Waals surface area contributed by atoms with Crippen molar-refractivity contribution in [2.24, 2.45) is 0 Å². The first-order chi connectivity index (χ1) is 12.7. The van der Waals surface area contributed by atoms with Gasteiger partial charge in [0, 0.05) is 6.26 Å². The standard InChI is InChI=1S/C20H23NO5S/c1-4-15-9-11-16(12-10-15)14(2)21-19(22)13-26-20(23)17-7-5-6-8-18(17)27(3,24)25/h5-12,14H,4,13H2,1-3H3,(H,21,22).